The van der Waals surface area contributed by atoms with Gasteiger partial charge < -0.3 is 0 Å². The van der Waals surface area contributed by atoms with Crippen molar-refractivity contribution in [3.8, 4) is 0 Å². The van der Waals surface area contributed by atoms with E-state index in [0.29, 0.717) is 0 Å². The highest BCUT2D eigenvalue weighted by Gasteiger charge is 2.01. The van der Waals surface area contributed by atoms with E-state index in [9.17, 15) is 0 Å². The molecule has 1 aromatic carbocycles. The molecule has 2 rings (SSSR count). The molecule has 1 aromatic rings. The van der Waals surface area contributed by atoms with Gasteiger partial charge in [0.2, 0.25) is 0 Å². The lowest BCUT2D eigenvalue weighted by atomic mass is 10.1. The second-order valence-corrected chi connectivity index (χ2v) is 3.58. The van der Waals surface area contributed by atoms with Crippen LogP contribution in [0.15, 0.2) is 24.3 Å². The third-order valence-corrected chi connectivity index (χ3v) is 2.92. The molecular weight excluding hydrogens is 139 g/mol. The first-order chi connectivity index (χ1) is 4.97. The van der Waals surface area contributed by atoms with Gasteiger partial charge in [0.1, 0.15) is 0 Å². The summed E-state index contributed by atoms with van der Waals surface area (Å²) < 4.78 is 0. The summed E-state index contributed by atoms with van der Waals surface area (Å²) in [5, 5.41) is 1.49. The minimum absolute atomic E-state index is 1.24. The molecule has 0 spiro atoms. The van der Waals surface area contributed by atoms with Crippen LogP contribution in [0.2, 0.25) is 0 Å². The summed E-state index contributed by atoms with van der Waals surface area (Å²) in [6.07, 6.45) is 2.49. The Kier molecular flexibility index (Phi) is 1.56. The van der Waals surface area contributed by atoms with Crippen LogP contribution in [0.3, 0.4) is 0 Å². The van der Waals surface area contributed by atoms with Gasteiger partial charge in [-0.2, -0.15) is 0 Å². The van der Waals surface area contributed by atoms with E-state index in [1.54, 1.807) is 0 Å². The molecule has 0 saturated carbocycles. The third-order valence-electron chi connectivity index (χ3n) is 1.76. The average molecular weight is 148 g/mol. The van der Waals surface area contributed by atoms with Gasteiger partial charge in [0.05, 0.1) is 0 Å². The predicted molar refractivity (Wildman–Crippen MR) is 47.4 cm³/mol. The van der Waals surface area contributed by atoms with Crippen molar-refractivity contribution in [2.75, 3.05) is 0 Å². The Morgan fingerprint density at radius 1 is 1.20 bits per heavy atom. The summed E-state index contributed by atoms with van der Waals surface area (Å²) in [5.41, 5.74) is 1.53. The van der Waals surface area contributed by atoms with Crippen molar-refractivity contribution >= 4 is 19.3 Å². The zero-order valence-corrected chi connectivity index (χ0v) is 6.64. The van der Waals surface area contributed by atoms with E-state index in [4.69, 9.17) is 0 Å². The summed E-state index contributed by atoms with van der Waals surface area (Å²) in [7, 11) is 1.41. The predicted octanol–water partition coefficient (Wildman–Crippen LogP) is 2.01. The van der Waals surface area contributed by atoms with Crippen molar-refractivity contribution in [1.29, 1.82) is 0 Å². The molecule has 0 radical (unpaired) electrons. The third kappa shape index (κ3) is 0.998. The van der Waals surface area contributed by atoms with Gasteiger partial charge in [-0.1, -0.05) is 38.3 Å². The van der Waals surface area contributed by atoms with Crippen molar-refractivity contribution in [2.45, 2.75) is 12.8 Å². The lowest BCUT2D eigenvalue weighted by Gasteiger charge is -2.07. The molecule has 0 bridgehead atoms. The molecule has 1 heteroatoms. The molecule has 0 N–H and O–H groups in total. The lowest BCUT2D eigenvalue weighted by Crippen LogP contribution is -2.05. The second-order valence-electron chi connectivity index (χ2n) is 2.48. The number of fused-ring (bicyclic) bond motifs is 1. The molecule has 0 aliphatic carbocycles. The Bertz CT molecular complexity index is 263. The van der Waals surface area contributed by atoms with Crippen LogP contribution in [0.5, 0.6) is 0 Å². The fourth-order valence-corrected chi connectivity index (χ4v) is 2.21. The van der Waals surface area contributed by atoms with E-state index in [2.05, 4.69) is 30.1 Å². The molecule has 0 saturated heterocycles. The van der Waals surface area contributed by atoms with Gasteiger partial charge in [0.25, 0.3) is 0 Å². The summed E-state index contributed by atoms with van der Waals surface area (Å²) in [6.45, 7) is 0. The molecule has 1 aliphatic heterocycles. The molecule has 10 heavy (non-hydrogen) atoms. The Morgan fingerprint density at radius 3 is 3.00 bits per heavy atom. The minimum atomic E-state index is 1.24. The van der Waals surface area contributed by atoms with E-state index in [1.807, 2.05) is 0 Å². The average Bonchev–Trinajstić information content (AvgIpc) is 2.05. The van der Waals surface area contributed by atoms with Crippen LogP contribution in [0.1, 0.15) is 12.0 Å². The highest BCUT2D eigenvalue weighted by Crippen LogP contribution is 2.11. The molecule has 0 unspecified atom stereocenters. The number of benzene rings is 1. The van der Waals surface area contributed by atoms with Gasteiger partial charge in [0, 0.05) is 5.30 Å². The van der Waals surface area contributed by atoms with Gasteiger partial charge in [-0.05, 0) is 18.4 Å². The van der Waals surface area contributed by atoms with E-state index in [0.717, 1.165) is 0 Å². The van der Waals surface area contributed by atoms with E-state index in [-0.39, 0.29) is 0 Å². The first kappa shape index (κ1) is 6.12. The Hall–Kier alpha value is -0.610. The van der Waals surface area contributed by atoms with Crippen LogP contribution in [-0.4, -0.2) is 5.80 Å². The molecule has 0 amide bonds. The largest absolute Gasteiger partial charge is 0.0726 e. The molecule has 0 nitrogen and oxygen atoms in total. The van der Waals surface area contributed by atoms with Crippen molar-refractivity contribution in [3.05, 3.63) is 29.8 Å². The van der Waals surface area contributed by atoms with E-state index >= 15 is 0 Å². The van der Waals surface area contributed by atoms with Gasteiger partial charge in [-0.3, -0.25) is 0 Å². The van der Waals surface area contributed by atoms with Crippen molar-refractivity contribution in [2.24, 2.45) is 0 Å². The second kappa shape index (κ2) is 2.56. The minimum Gasteiger partial charge on any atom is -0.0726 e. The van der Waals surface area contributed by atoms with Gasteiger partial charge >= 0.3 is 0 Å². The summed E-state index contributed by atoms with van der Waals surface area (Å²) in [4.78, 5) is 0. The summed E-state index contributed by atoms with van der Waals surface area (Å²) in [6, 6.07) is 8.69. The smallest absolute Gasteiger partial charge is 0.00468 e. The maximum Gasteiger partial charge on any atom is 0.00468 e. The highest BCUT2D eigenvalue weighted by atomic mass is 31.1. The molecule has 0 aromatic heterocycles. The topological polar surface area (TPSA) is 0 Å². The Morgan fingerprint density at radius 2 is 2.10 bits per heavy atom. The van der Waals surface area contributed by atoms with Crippen LogP contribution < -0.4 is 5.30 Å². The Balaban J connectivity index is 2.54. The maximum atomic E-state index is 2.34. The van der Waals surface area contributed by atoms with Crippen LogP contribution in [0.25, 0.3) is 0 Å². The first-order valence-electron chi connectivity index (χ1n) is 3.57. The van der Waals surface area contributed by atoms with Crippen molar-refractivity contribution in [3.63, 3.8) is 0 Å². The van der Waals surface area contributed by atoms with Gasteiger partial charge in [-0.15, -0.1) is 0 Å². The lowest BCUT2D eigenvalue weighted by molar-refractivity contribution is 1.07. The van der Waals surface area contributed by atoms with Crippen LogP contribution in [0, 0.1) is 0 Å². The number of hydrogen-bond acceptors (Lipinski definition) is 0. The summed E-state index contributed by atoms with van der Waals surface area (Å²) >= 11 is 0. The first-order valence-corrected chi connectivity index (χ1v) is 4.53. The molecule has 0 fully saturated rings. The fourth-order valence-electron chi connectivity index (χ4n) is 1.23. The van der Waals surface area contributed by atoms with E-state index < -0.39 is 0 Å². The van der Waals surface area contributed by atoms with Crippen molar-refractivity contribution in [1.82, 2.24) is 0 Å². The molecule has 50 valence electrons. The molecular formula is C9H9P. The molecule has 1 aliphatic rings. The number of aryl methyl sites for hydroxylation is 1. The fraction of sp³-hybridized carbons (Fsp3) is 0.222. The van der Waals surface area contributed by atoms with Crippen LogP contribution >= 0.6 is 8.20 Å². The quantitative estimate of drug-likeness (QED) is 0.494. The highest BCUT2D eigenvalue weighted by molar-refractivity contribution is 7.47. The Labute approximate surface area is 62.7 Å². The standard InChI is InChI=1S/C9H9P/c1-2-6-9-8(4-1)5-3-7-10-9/h1-2,4,6-7H,3,5H2. The zero-order chi connectivity index (χ0) is 6.81. The number of hydrogen-bond donors (Lipinski definition) is 0. The zero-order valence-electron chi connectivity index (χ0n) is 5.75. The van der Waals surface area contributed by atoms with E-state index in [1.165, 1.54) is 31.9 Å². The van der Waals surface area contributed by atoms with Crippen LogP contribution in [-0.2, 0) is 6.42 Å². The summed E-state index contributed by atoms with van der Waals surface area (Å²) in [5.74, 6) is 2.34. The van der Waals surface area contributed by atoms with Gasteiger partial charge in [-0.25, -0.2) is 0 Å². The normalized spacial score (nSPS) is 16.4. The van der Waals surface area contributed by atoms with Crippen LogP contribution in [0.4, 0.5) is 0 Å². The van der Waals surface area contributed by atoms with Crippen molar-refractivity contribution < 1.29 is 0 Å². The monoisotopic (exact) mass is 148 g/mol. The SMILES string of the molecule is C1=Pc2ccccc2CC1. The maximum absolute atomic E-state index is 2.34. The van der Waals surface area contributed by atoms with Gasteiger partial charge in [0.15, 0.2) is 0 Å². The number of rotatable bonds is 0. The molecule has 0 atom stereocenters. The molecule has 1 heterocycles.